The van der Waals surface area contributed by atoms with Crippen LogP contribution in [0.3, 0.4) is 0 Å². The second-order valence-corrected chi connectivity index (χ2v) is 13.4. The van der Waals surface area contributed by atoms with Crippen LogP contribution in [-0.2, 0) is 9.59 Å². The van der Waals surface area contributed by atoms with Crippen molar-refractivity contribution in [3.63, 3.8) is 0 Å². The molecule has 1 unspecified atom stereocenters. The number of carbonyl (C=O) groups is 4. The average Bonchev–Trinajstić information content (AvgIpc) is 3.42. The van der Waals surface area contributed by atoms with Gasteiger partial charge in [-0.25, -0.2) is 0 Å². The highest BCUT2D eigenvalue weighted by Crippen LogP contribution is 2.35. The number of ether oxygens (including phenoxy) is 1. The van der Waals surface area contributed by atoms with Gasteiger partial charge in [0.05, 0.1) is 11.1 Å². The van der Waals surface area contributed by atoms with E-state index < -0.39 is 36.8 Å². The third kappa shape index (κ3) is 7.52. The molecule has 2 fully saturated rings. The molecule has 3 N–H and O–H groups in total. The molecule has 4 amide bonds. The van der Waals surface area contributed by atoms with Crippen molar-refractivity contribution in [2.75, 3.05) is 44.2 Å². The van der Waals surface area contributed by atoms with Crippen LogP contribution in [0.4, 0.5) is 5.69 Å². The predicted octanol–water partition coefficient (Wildman–Crippen LogP) is 3.34. The van der Waals surface area contributed by atoms with Gasteiger partial charge in [-0.05, 0) is 76.5 Å². The highest BCUT2D eigenvalue weighted by atomic mass is 16.5. The van der Waals surface area contributed by atoms with Crippen molar-refractivity contribution in [1.29, 1.82) is 0 Å². The Bertz CT molecular complexity index is 2040. The first-order valence-electron chi connectivity index (χ1n) is 18.0. The molecular weight excluding hydrogens is 671 g/mol. The lowest BCUT2D eigenvalue weighted by Gasteiger charge is -2.36. The highest BCUT2D eigenvalue weighted by molar-refractivity contribution is 6.58. The van der Waals surface area contributed by atoms with Gasteiger partial charge in [0, 0.05) is 44.8 Å². The van der Waals surface area contributed by atoms with Gasteiger partial charge in [-0.3, -0.25) is 34.3 Å². The molecule has 7 rings (SSSR count). The Kier molecular flexibility index (Phi) is 10.5. The summed E-state index contributed by atoms with van der Waals surface area (Å²) in [5.74, 6) is -1.25. The zero-order valence-corrected chi connectivity index (χ0v) is 29.5. The molecule has 11 nitrogen and oxygen atoms in total. The summed E-state index contributed by atoms with van der Waals surface area (Å²) in [7, 11) is -1.53. The number of hydrogen-bond donors (Lipinski definition) is 3. The number of rotatable bonds is 11. The smallest absolute Gasteiger partial charge is 0.488 e. The summed E-state index contributed by atoms with van der Waals surface area (Å²) in [5, 5.41) is 21.5. The summed E-state index contributed by atoms with van der Waals surface area (Å²) in [4.78, 5) is 55.9. The van der Waals surface area contributed by atoms with Crippen LogP contribution >= 0.6 is 0 Å². The van der Waals surface area contributed by atoms with Crippen LogP contribution in [0.25, 0.3) is 11.1 Å². The maximum Gasteiger partial charge on any atom is 0.488 e. The molecule has 1 atom stereocenters. The van der Waals surface area contributed by atoms with Crippen molar-refractivity contribution in [3.8, 4) is 5.75 Å². The fraction of sp³-hybridized carbons (Fsp3) is 0.268. The molecule has 0 radical (unpaired) electrons. The second kappa shape index (κ2) is 15.6. The maximum atomic E-state index is 13.3. The molecule has 53 heavy (non-hydrogen) atoms. The normalized spacial score (nSPS) is 18.1. The van der Waals surface area contributed by atoms with Crippen LogP contribution in [0.1, 0.15) is 63.6 Å². The number of nitrogens with zero attached hydrogens (tertiary/aromatic N) is 3. The Morgan fingerprint density at radius 1 is 0.792 bits per heavy atom. The van der Waals surface area contributed by atoms with Crippen LogP contribution in [0.2, 0.25) is 0 Å². The zero-order valence-electron chi connectivity index (χ0n) is 29.5. The fourth-order valence-corrected chi connectivity index (χ4v) is 7.40. The minimum Gasteiger partial charge on any atom is -0.492 e. The van der Waals surface area contributed by atoms with E-state index in [1.165, 1.54) is 5.57 Å². The van der Waals surface area contributed by atoms with E-state index in [1.807, 2.05) is 48.5 Å². The molecule has 3 aliphatic rings. The molecule has 4 aromatic carbocycles. The summed E-state index contributed by atoms with van der Waals surface area (Å²) < 4.78 is 6.17. The summed E-state index contributed by atoms with van der Waals surface area (Å²) in [5.41, 5.74) is 7.26. The van der Waals surface area contributed by atoms with Gasteiger partial charge >= 0.3 is 7.12 Å². The molecule has 0 aromatic heterocycles. The van der Waals surface area contributed by atoms with Crippen molar-refractivity contribution in [1.82, 2.24) is 15.1 Å². The van der Waals surface area contributed by atoms with E-state index in [9.17, 15) is 29.2 Å². The molecule has 0 saturated carbocycles. The summed E-state index contributed by atoms with van der Waals surface area (Å²) in [6, 6.07) is 30.0. The van der Waals surface area contributed by atoms with Crippen LogP contribution in [0.5, 0.6) is 5.75 Å². The fourth-order valence-electron chi connectivity index (χ4n) is 7.40. The van der Waals surface area contributed by atoms with Crippen LogP contribution in [0, 0.1) is 0 Å². The van der Waals surface area contributed by atoms with Gasteiger partial charge in [0.15, 0.2) is 0 Å². The summed E-state index contributed by atoms with van der Waals surface area (Å²) in [6.45, 7) is 6.47. The Balaban J connectivity index is 0.958. The number of hydrogen-bond acceptors (Lipinski definition) is 9. The number of imide groups is 2. The van der Waals surface area contributed by atoms with Crippen LogP contribution < -0.4 is 20.4 Å². The average molecular weight is 713 g/mol. The summed E-state index contributed by atoms with van der Waals surface area (Å²) >= 11 is 0. The van der Waals surface area contributed by atoms with Gasteiger partial charge in [0.1, 0.15) is 18.4 Å². The minimum absolute atomic E-state index is 0.0836. The molecule has 0 spiro atoms. The Morgan fingerprint density at radius 2 is 1.45 bits per heavy atom. The van der Waals surface area contributed by atoms with Crippen LogP contribution in [-0.4, -0.2) is 96.0 Å². The number of benzene rings is 4. The number of allylic oxidation sites excluding steroid dienone is 1. The van der Waals surface area contributed by atoms with Crippen molar-refractivity contribution < 1.29 is 34.0 Å². The molecule has 2 saturated heterocycles. The first-order chi connectivity index (χ1) is 25.7. The van der Waals surface area contributed by atoms with Gasteiger partial charge in [0.25, 0.3) is 11.8 Å². The number of carbonyl (C=O) groups excluding carboxylic acids is 4. The van der Waals surface area contributed by atoms with Gasteiger partial charge in [-0.1, -0.05) is 73.7 Å². The molecule has 4 aromatic rings. The molecule has 0 aliphatic carbocycles. The number of nitrogens with one attached hydrogen (secondary N) is 1. The second-order valence-electron chi connectivity index (χ2n) is 13.4. The third-order valence-electron chi connectivity index (χ3n) is 10.3. The monoisotopic (exact) mass is 712 g/mol. The third-order valence-corrected chi connectivity index (χ3v) is 10.3. The number of fused-ring (bicyclic) bond motifs is 1. The quantitative estimate of drug-likeness (QED) is 0.121. The molecule has 0 bridgehead atoms. The van der Waals surface area contributed by atoms with Gasteiger partial charge in [-0.15, -0.1) is 0 Å². The maximum absolute atomic E-state index is 13.3. The van der Waals surface area contributed by atoms with E-state index in [0.29, 0.717) is 12.1 Å². The van der Waals surface area contributed by atoms with E-state index in [2.05, 4.69) is 46.3 Å². The molecular formula is C41H41BN4O7. The predicted molar refractivity (Wildman–Crippen MR) is 203 cm³/mol. The van der Waals surface area contributed by atoms with Crippen LogP contribution in [0.15, 0.2) is 97.1 Å². The number of piperazine rings is 1. The van der Waals surface area contributed by atoms with Gasteiger partial charge < -0.3 is 19.7 Å². The van der Waals surface area contributed by atoms with Crippen molar-refractivity contribution in [3.05, 3.63) is 125 Å². The van der Waals surface area contributed by atoms with Gasteiger partial charge in [-0.2, -0.15) is 0 Å². The van der Waals surface area contributed by atoms with Crippen molar-refractivity contribution >= 4 is 53.0 Å². The van der Waals surface area contributed by atoms with E-state index in [1.54, 1.807) is 24.3 Å². The van der Waals surface area contributed by atoms with Crippen molar-refractivity contribution in [2.45, 2.75) is 32.2 Å². The van der Waals surface area contributed by atoms with Gasteiger partial charge in [0.2, 0.25) is 11.8 Å². The SMILES string of the molecule is CC/C(=C(/c1ccc(OCCN2CCN(c3ccc4c(c3)C(=O)N(C3CCC(=O)NC3=O)C4=O)CC2)cc1)c1ccc(B(O)O)cc1)c1ccccc1. The lowest BCUT2D eigenvalue weighted by Crippen LogP contribution is -2.54. The number of piperidine rings is 1. The highest BCUT2D eigenvalue weighted by Gasteiger charge is 2.44. The first-order valence-corrected chi connectivity index (χ1v) is 18.0. The Morgan fingerprint density at radius 3 is 2.09 bits per heavy atom. The van der Waals surface area contributed by atoms with Crippen molar-refractivity contribution in [2.24, 2.45) is 0 Å². The van der Waals surface area contributed by atoms with E-state index >= 15 is 0 Å². The summed E-state index contributed by atoms with van der Waals surface area (Å²) in [6.07, 6.45) is 1.02. The standard InChI is InChI=1S/C41H41BN4O7/c1-2-33(27-6-4-3-5-7-27)38(28-8-12-30(13-9-28)42(51)52)29-10-15-32(16-11-29)53-25-24-44-20-22-45(23-21-44)31-14-17-34-35(26-31)41(50)46(40(34)49)36-18-19-37(47)43-39(36)48/h3-17,26,36,51-52H,2,18-25H2,1H3,(H,43,47,48)/b38-33-. The lowest BCUT2D eigenvalue weighted by molar-refractivity contribution is -0.136. The first kappa shape index (κ1) is 35.8. The largest absolute Gasteiger partial charge is 0.492 e. The Labute approximate surface area is 308 Å². The number of amides is 4. The molecule has 270 valence electrons. The molecule has 3 aliphatic heterocycles. The minimum atomic E-state index is -1.53. The number of anilines is 1. The molecule has 3 heterocycles. The molecule has 12 heteroatoms. The van der Waals surface area contributed by atoms with E-state index in [4.69, 9.17) is 4.74 Å². The van der Waals surface area contributed by atoms with E-state index in [0.717, 1.165) is 77.7 Å². The Hall–Kier alpha value is -5.56. The lowest BCUT2D eigenvalue weighted by atomic mass is 9.79. The van der Waals surface area contributed by atoms with E-state index in [-0.39, 0.29) is 24.0 Å². The topological polar surface area (TPSA) is 140 Å². The zero-order chi connectivity index (χ0) is 37.1.